The summed E-state index contributed by atoms with van der Waals surface area (Å²) < 4.78 is 49.2. The molecule has 59 heavy (non-hydrogen) atoms. The molecule has 5 rings (SSSR count). The van der Waals surface area contributed by atoms with E-state index in [4.69, 9.17) is 37.9 Å². The predicted octanol–water partition coefficient (Wildman–Crippen LogP) is 4.50. The van der Waals surface area contributed by atoms with Crippen molar-refractivity contribution < 1.29 is 62.2 Å². The second kappa shape index (κ2) is 19.4. The molecule has 4 aliphatic rings. The number of esters is 2. The molecule has 16 nitrogen and oxygen atoms in total. The summed E-state index contributed by atoms with van der Waals surface area (Å²) in [5.41, 5.74) is -2.63. The number of cyclic esters (lactones) is 1. The van der Waals surface area contributed by atoms with E-state index < -0.39 is 84.0 Å². The van der Waals surface area contributed by atoms with Gasteiger partial charge in [0.2, 0.25) is 0 Å². The minimum Gasteiger partial charge on any atom is -0.458 e. The fraction of sp³-hybridized carbons (Fsp3) is 0.767. The van der Waals surface area contributed by atoms with Crippen LogP contribution in [0.3, 0.4) is 0 Å². The minimum atomic E-state index is -1.65. The van der Waals surface area contributed by atoms with Gasteiger partial charge in [-0.05, 0) is 93.1 Å². The quantitative estimate of drug-likeness (QED) is 0.301. The summed E-state index contributed by atoms with van der Waals surface area (Å²) >= 11 is 0. The number of hydrogen-bond acceptors (Lipinski definition) is 15. The third kappa shape index (κ3) is 10.7. The molecule has 1 aromatic carbocycles. The van der Waals surface area contributed by atoms with Crippen molar-refractivity contribution in [3.63, 3.8) is 0 Å². The van der Waals surface area contributed by atoms with Crippen molar-refractivity contribution in [2.45, 2.75) is 141 Å². The average molecular weight is 834 g/mol. The van der Waals surface area contributed by atoms with Crippen LogP contribution in [0.15, 0.2) is 30.3 Å². The van der Waals surface area contributed by atoms with Crippen LogP contribution in [0.25, 0.3) is 0 Å². The third-order valence-corrected chi connectivity index (χ3v) is 12.6. The molecule has 14 atom stereocenters. The Hall–Kier alpha value is -3.54. The molecule has 16 heteroatoms. The van der Waals surface area contributed by atoms with Crippen molar-refractivity contribution in [1.29, 1.82) is 0 Å². The Bertz CT molecular complexity index is 1590. The number of ether oxygens (including phenoxy) is 8. The van der Waals surface area contributed by atoms with E-state index in [0.29, 0.717) is 31.7 Å². The van der Waals surface area contributed by atoms with E-state index in [2.05, 4.69) is 0 Å². The summed E-state index contributed by atoms with van der Waals surface area (Å²) in [7, 11) is 5.69. The van der Waals surface area contributed by atoms with Gasteiger partial charge in [-0.15, -0.1) is 0 Å². The number of carbonyl (C=O) groups is 4. The van der Waals surface area contributed by atoms with Gasteiger partial charge in [0.25, 0.3) is 0 Å². The zero-order valence-electron chi connectivity index (χ0n) is 36.7. The molecule has 0 spiro atoms. The Kier molecular flexibility index (Phi) is 15.3. The summed E-state index contributed by atoms with van der Waals surface area (Å²) in [5.74, 6) is -3.44. The van der Waals surface area contributed by atoms with Crippen molar-refractivity contribution in [2.75, 3.05) is 54.0 Å². The molecule has 4 heterocycles. The van der Waals surface area contributed by atoms with E-state index in [9.17, 15) is 24.3 Å². The molecule has 1 N–H and O–H groups in total. The topological polar surface area (TPSA) is 172 Å². The van der Waals surface area contributed by atoms with E-state index in [-0.39, 0.29) is 50.0 Å². The number of likely N-dealkylation sites (N-methyl/N-ethyl adjacent to an activating group) is 2. The molecular weight excluding hydrogens is 766 g/mol. The van der Waals surface area contributed by atoms with Crippen molar-refractivity contribution in [1.82, 2.24) is 14.7 Å². The maximum atomic E-state index is 14.4. The first-order chi connectivity index (χ1) is 27.8. The lowest BCUT2D eigenvalue weighted by atomic mass is 9.77. The van der Waals surface area contributed by atoms with Crippen LogP contribution in [0.1, 0.15) is 85.0 Å². The van der Waals surface area contributed by atoms with E-state index >= 15 is 0 Å². The van der Waals surface area contributed by atoms with E-state index in [1.807, 2.05) is 64.7 Å². The molecule has 1 aromatic rings. The molecule has 4 aliphatic heterocycles. The maximum absolute atomic E-state index is 14.4. The highest BCUT2D eigenvalue weighted by Gasteiger charge is 2.58. The predicted molar refractivity (Wildman–Crippen MR) is 214 cm³/mol. The number of nitrogens with zero attached hydrogens (tertiary/aromatic N) is 3. The van der Waals surface area contributed by atoms with Crippen molar-refractivity contribution in [2.24, 2.45) is 17.8 Å². The van der Waals surface area contributed by atoms with E-state index in [1.165, 1.54) is 4.90 Å². The zero-order valence-corrected chi connectivity index (χ0v) is 36.7. The number of fused-ring (bicyclic) bond motifs is 1. The largest absolute Gasteiger partial charge is 0.509 e. The number of benzene rings is 1. The molecule has 0 aromatic heterocycles. The SMILES string of the molecule is CC[C@H]1OC(=O)[C@H](C)[C@@H](OC(=O)N2CCOCC2)[C@H](C)[C@@H](O[C@@H]2O[C@H](C)C[C@H](N(C)C)[C@H]2OC(=O)c2ccccc2)[C@](C)(O)C[C@@H](C)CN(C)[C@H](C)[C@H]2OC(=O)O[C@@]21C. The number of morpholine rings is 1. The van der Waals surface area contributed by atoms with Gasteiger partial charge in [-0.25, -0.2) is 14.4 Å². The second-order valence-electron chi connectivity index (χ2n) is 17.7. The third-order valence-electron chi connectivity index (χ3n) is 12.6. The van der Waals surface area contributed by atoms with Crippen molar-refractivity contribution in [3.05, 3.63) is 35.9 Å². The monoisotopic (exact) mass is 833 g/mol. The average Bonchev–Trinajstić information content (AvgIpc) is 3.51. The van der Waals surface area contributed by atoms with Crippen LogP contribution in [0.5, 0.6) is 0 Å². The summed E-state index contributed by atoms with van der Waals surface area (Å²) in [5, 5.41) is 12.8. The Morgan fingerprint density at radius 1 is 0.966 bits per heavy atom. The van der Waals surface area contributed by atoms with Crippen molar-refractivity contribution in [3.8, 4) is 0 Å². The van der Waals surface area contributed by atoms with E-state index in [1.54, 1.807) is 52.0 Å². The molecule has 0 aliphatic carbocycles. The van der Waals surface area contributed by atoms with Gasteiger partial charge in [0.1, 0.15) is 12.2 Å². The number of aliphatic hydroxyl groups is 1. The van der Waals surface area contributed by atoms with Gasteiger partial charge in [-0.2, -0.15) is 0 Å². The van der Waals surface area contributed by atoms with Gasteiger partial charge in [0, 0.05) is 31.6 Å². The van der Waals surface area contributed by atoms with Crippen LogP contribution in [0.2, 0.25) is 0 Å². The van der Waals surface area contributed by atoms with Crippen LogP contribution in [-0.4, -0.2) is 164 Å². The maximum Gasteiger partial charge on any atom is 0.509 e. The van der Waals surface area contributed by atoms with Crippen LogP contribution in [-0.2, 0) is 42.7 Å². The summed E-state index contributed by atoms with van der Waals surface area (Å²) in [6, 6.07) is 7.93. The summed E-state index contributed by atoms with van der Waals surface area (Å²) in [6.07, 6.45) is -7.06. The standard InChI is InChI=1S/C43H67N3O13/c1-12-32-43(8)36(58-41(50)59-43)29(6)45(11)24-25(2)23-42(7,51)35(27(4)33(28(5)37(47)54-32)56-40(49)46-18-20-52-21-19-46)57-39-34(31(44(9)10)22-26(3)53-39)55-38(48)30-16-14-13-15-17-30/h13-17,25-29,31-36,39,51H,12,18-24H2,1-11H3/t25-,26-,27+,28-,29-,31+,32-,33+,34-,35-,36-,39+,42-,43-/m1/s1. The fourth-order valence-corrected chi connectivity index (χ4v) is 9.36. The van der Waals surface area contributed by atoms with Gasteiger partial charge in [0.15, 0.2) is 24.1 Å². The van der Waals surface area contributed by atoms with Gasteiger partial charge in [-0.3, -0.25) is 9.69 Å². The fourth-order valence-electron chi connectivity index (χ4n) is 9.36. The lowest BCUT2D eigenvalue weighted by Crippen LogP contribution is -2.60. The van der Waals surface area contributed by atoms with Gasteiger partial charge < -0.3 is 52.8 Å². The normalized spacial score (nSPS) is 39.2. The highest BCUT2D eigenvalue weighted by molar-refractivity contribution is 5.89. The highest BCUT2D eigenvalue weighted by Crippen LogP contribution is 2.41. The van der Waals surface area contributed by atoms with Crippen LogP contribution in [0, 0.1) is 17.8 Å². The Labute approximate surface area is 349 Å². The molecule has 0 saturated carbocycles. The molecular formula is C43H67N3O13. The summed E-state index contributed by atoms with van der Waals surface area (Å²) in [6.45, 7) is 16.1. The molecule has 0 bridgehead atoms. The zero-order chi connectivity index (χ0) is 43.4. The number of hydrogen-bond donors (Lipinski definition) is 1. The second-order valence-corrected chi connectivity index (χ2v) is 17.7. The van der Waals surface area contributed by atoms with E-state index in [0.717, 1.165) is 0 Å². The molecule has 0 unspecified atom stereocenters. The van der Waals surface area contributed by atoms with Crippen LogP contribution in [0.4, 0.5) is 9.59 Å². The number of amides is 1. The first kappa shape index (κ1) is 46.5. The van der Waals surface area contributed by atoms with Crippen LogP contribution >= 0.6 is 0 Å². The first-order valence-electron chi connectivity index (χ1n) is 21.1. The molecule has 0 radical (unpaired) electrons. The van der Waals surface area contributed by atoms with Crippen LogP contribution < -0.4 is 0 Å². The van der Waals surface area contributed by atoms with Crippen molar-refractivity contribution >= 4 is 24.2 Å². The number of carbonyl (C=O) groups excluding carboxylic acids is 4. The van der Waals surface area contributed by atoms with Gasteiger partial charge in [-0.1, -0.05) is 39.0 Å². The van der Waals surface area contributed by atoms with Gasteiger partial charge >= 0.3 is 24.2 Å². The highest BCUT2D eigenvalue weighted by atomic mass is 16.8. The number of rotatable bonds is 7. The molecule has 4 fully saturated rings. The Morgan fingerprint density at radius 3 is 2.25 bits per heavy atom. The molecule has 332 valence electrons. The minimum absolute atomic E-state index is 0.177. The Morgan fingerprint density at radius 2 is 1.63 bits per heavy atom. The van der Waals surface area contributed by atoms with Gasteiger partial charge in [0.05, 0.1) is 48.5 Å². The smallest absolute Gasteiger partial charge is 0.458 e. The first-order valence-corrected chi connectivity index (χ1v) is 21.1. The lowest BCUT2D eigenvalue weighted by molar-refractivity contribution is -0.298. The summed E-state index contributed by atoms with van der Waals surface area (Å²) in [4.78, 5) is 60.2. The molecule has 4 saturated heterocycles. The Balaban J connectivity index is 1.59. The lowest BCUT2D eigenvalue weighted by Gasteiger charge is -2.48. The molecule has 1 amide bonds.